The van der Waals surface area contributed by atoms with Gasteiger partial charge in [0.1, 0.15) is 0 Å². The van der Waals surface area contributed by atoms with Crippen molar-refractivity contribution in [3.8, 4) is 0 Å². The molecule has 0 N–H and O–H groups in total. The van der Waals surface area contributed by atoms with Gasteiger partial charge in [-0.25, -0.2) is 0 Å². The maximum Gasteiger partial charge on any atom is -0.00753 e. The second-order valence-corrected chi connectivity index (χ2v) is 26.3. The zero-order valence-electron chi connectivity index (χ0n) is 73.2. The predicted octanol–water partition coefficient (Wildman–Crippen LogP) is 35.1. The van der Waals surface area contributed by atoms with Gasteiger partial charge < -0.3 is 0 Å². The Morgan fingerprint density at radius 3 is 0.437 bits per heavy atom. The smallest absolute Gasteiger partial charge is 0.00753 e. The van der Waals surface area contributed by atoms with Gasteiger partial charge in [0.05, 0.1) is 0 Å². The summed E-state index contributed by atoms with van der Waals surface area (Å²) in [5, 5.41) is 0. The van der Waals surface area contributed by atoms with E-state index in [1.54, 1.807) is 0 Å². The Balaban J connectivity index is -0.000000113. The molecule has 0 spiro atoms. The molecule has 1 aliphatic rings. The van der Waals surface area contributed by atoms with Crippen molar-refractivity contribution in [2.24, 2.45) is 16.2 Å². The van der Waals surface area contributed by atoms with Gasteiger partial charge >= 0.3 is 0 Å². The molecule has 0 aliphatic heterocycles. The van der Waals surface area contributed by atoms with Crippen molar-refractivity contribution in [3.05, 3.63) is 363 Å². The molecule has 0 saturated heterocycles. The summed E-state index contributed by atoms with van der Waals surface area (Å²) in [5.41, 5.74) is 5.24. The van der Waals surface area contributed by atoms with E-state index in [1.807, 2.05) is 402 Å². The van der Waals surface area contributed by atoms with E-state index < -0.39 is 0 Å². The molecule has 0 aromatic heterocycles. The first-order valence-electron chi connectivity index (χ1n) is 39.6. The highest BCUT2D eigenvalue weighted by Gasteiger charge is 2.28. The van der Waals surface area contributed by atoms with Crippen molar-refractivity contribution in [2.45, 2.75) is 271 Å². The van der Waals surface area contributed by atoms with Gasteiger partial charge in [0.25, 0.3) is 0 Å². The predicted molar refractivity (Wildman–Crippen MR) is 484 cm³/mol. The lowest BCUT2D eigenvalue weighted by molar-refractivity contribution is 0.319. The summed E-state index contributed by atoms with van der Waals surface area (Å²) >= 11 is 0. The van der Waals surface area contributed by atoms with Crippen LogP contribution in [-0.4, -0.2) is 0 Å². The molecule has 0 atom stereocenters. The molecule has 1 saturated carbocycles. The van der Waals surface area contributed by atoms with Crippen molar-refractivity contribution in [2.75, 3.05) is 0 Å². The molecule has 1 aliphatic carbocycles. The number of benzene rings is 10. The van der Waals surface area contributed by atoms with Crippen molar-refractivity contribution >= 4 is 0 Å². The van der Waals surface area contributed by atoms with Gasteiger partial charge in [-0.05, 0) is 51.0 Å². The average molecular weight is 1400 g/mol. The van der Waals surface area contributed by atoms with Gasteiger partial charge in [-0.1, -0.05) is 599 Å². The number of hydrogen-bond acceptors (Lipinski definition) is 0. The van der Waals surface area contributed by atoms with Crippen molar-refractivity contribution in [3.63, 3.8) is 0 Å². The molecule has 578 valence electrons. The van der Waals surface area contributed by atoms with E-state index in [2.05, 4.69) is 171 Å². The molecule has 0 amide bonds. The summed E-state index contributed by atoms with van der Waals surface area (Å²) in [4.78, 5) is 0. The Bertz CT molecular complexity index is 2120. The van der Waals surface area contributed by atoms with E-state index in [0.717, 1.165) is 0 Å². The molecule has 10 aromatic rings. The lowest BCUT2D eigenvalue weighted by Crippen LogP contribution is -2.24. The molecule has 10 aromatic carbocycles. The lowest BCUT2D eigenvalue weighted by Gasteiger charge is -2.34. The normalized spacial score (nSPS) is 9.86. The molecule has 0 radical (unpaired) electrons. The standard InChI is InChI=1S/C13H18.C10H14.8C6H6.C6H14.2C5H12.8C2H6/c1-13(10-6-3-7-11-13)12-8-4-2-5-9-12;1-10(2,3)9-7-5-4-6-8-9;8*1-2-4-6-5-3-1;1-5-6(2,3)4;2*1-5(2,3)4;8*1-2/h2,4-5,8-9H,3,6-7,10-11H2,1H3;4-8H,1-3H3;8*1-6H;5H2,1-4H3;2*1-4H3;8*1-2H3. The van der Waals surface area contributed by atoms with Gasteiger partial charge in [-0.15, -0.1) is 0 Å². The van der Waals surface area contributed by atoms with E-state index in [1.165, 1.54) is 49.7 Å². The lowest BCUT2D eigenvalue weighted by atomic mass is 9.71. The third-order valence-electron chi connectivity index (χ3n) is 11.5. The summed E-state index contributed by atoms with van der Waals surface area (Å²) in [6.45, 7) is 67.5. The Labute approximate surface area is 646 Å². The van der Waals surface area contributed by atoms with Crippen molar-refractivity contribution in [1.29, 1.82) is 0 Å². The maximum absolute atomic E-state index is 2.42. The fraction of sp³-hybridized carbons (Fsp3) is 0.417. The number of rotatable bonds is 1. The third-order valence-corrected chi connectivity index (χ3v) is 11.5. The van der Waals surface area contributed by atoms with Crippen LogP contribution in [0.1, 0.15) is 271 Å². The average Bonchev–Trinajstić information content (AvgIpc) is 0.830. The summed E-state index contributed by atoms with van der Waals surface area (Å²) in [6, 6.07) is 118. The molecule has 0 unspecified atom stereocenters. The van der Waals surface area contributed by atoms with Crippen LogP contribution in [0.25, 0.3) is 0 Å². The Morgan fingerprint density at radius 1 is 0.214 bits per heavy atom. The van der Waals surface area contributed by atoms with Crippen molar-refractivity contribution < 1.29 is 0 Å². The monoisotopic (exact) mass is 1400 g/mol. The molecule has 1 fully saturated rings. The van der Waals surface area contributed by atoms with E-state index in [0.29, 0.717) is 27.1 Å². The van der Waals surface area contributed by atoms with Crippen LogP contribution in [0.2, 0.25) is 0 Å². The van der Waals surface area contributed by atoms with Gasteiger partial charge in [0.2, 0.25) is 0 Å². The topological polar surface area (TPSA) is 0 Å². The summed E-state index contributed by atoms with van der Waals surface area (Å²) in [5.74, 6) is 0. The molecule has 0 nitrogen and oxygen atoms in total. The highest BCUT2D eigenvalue weighted by atomic mass is 14.3. The zero-order chi connectivity index (χ0) is 80.9. The van der Waals surface area contributed by atoms with E-state index in [-0.39, 0.29) is 0 Å². The van der Waals surface area contributed by atoms with Crippen LogP contribution in [0, 0.1) is 16.2 Å². The summed E-state index contributed by atoms with van der Waals surface area (Å²) < 4.78 is 0. The third kappa shape index (κ3) is 121. The van der Waals surface area contributed by atoms with Crippen LogP contribution >= 0.6 is 0 Å². The molecule has 103 heavy (non-hydrogen) atoms. The van der Waals surface area contributed by atoms with Gasteiger partial charge in [-0.2, -0.15) is 0 Å². The fourth-order valence-electron chi connectivity index (χ4n) is 6.48. The quantitative estimate of drug-likeness (QED) is 0.154. The van der Waals surface area contributed by atoms with Gasteiger partial charge in [0, 0.05) is 0 Å². The SMILES string of the molecule is CC.CC.CC.CC.CC.CC.CC.CC.CC(C)(C)C.CC(C)(C)C.CC(C)(C)c1ccccc1.CC1(c2ccccc2)CCCCC1.CCC(C)(C)C.c1ccccc1.c1ccccc1.c1ccccc1.c1ccccc1.c1ccccc1.c1ccccc1.c1ccccc1.c1ccccc1. The van der Waals surface area contributed by atoms with Crippen LogP contribution in [0.3, 0.4) is 0 Å². The Hall–Kier alpha value is -7.80. The van der Waals surface area contributed by atoms with Crippen LogP contribution in [-0.2, 0) is 10.8 Å². The molecule has 11 rings (SSSR count). The second-order valence-electron chi connectivity index (χ2n) is 26.3. The first-order chi connectivity index (χ1) is 49.5. The first-order valence-corrected chi connectivity index (χ1v) is 39.6. The Kier molecular flexibility index (Phi) is 109. The van der Waals surface area contributed by atoms with Crippen LogP contribution in [0.4, 0.5) is 0 Å². The molecule has 0 heteroatoms. The van der Waals surface area contributed by atoms with Crippen LogP contribution < -0.4 is 0 Å². The number of hydrogen-bond donors (Lipinski definition) is 0. The maximum atomic E-state index is 2.42. The molecular formula is C103H166. The first kappa shape index (κ1) is 116. The van der Waals surface area contributed by atoms with Crippen LogP contribution in [0.15, 0.2) is 352 Å². The van der Waals surface area contributed by atoms with Crippen LogP contribution in [0.5, 0.6) is 0 Å². The minimum absolute atomic E-state index is 0.293. The van der Waals surface area contributed by atoms with Gasteiger partial charge in [0.15, 0.2) is 0 Å². The minimum Gasteiger partial charge on any atom is -0.0683 e. The highest BCUT2D eigenvalue weighted by Crippen LogP contribution is 2.38. The Morgan fingerprint density at radius 2 is 0.330 bits per heavy atom. The second kappa shape index (κ2) is 96.3. The van der Waals surface area contributed by atoms with E-state index >= 15 is 0 Å². The van der Waals surface area contributed by atoms with E-state index in [9.17, 15) is 0 Å². The summed E-state index contributed by atoms with van der Waals surface area (Å²) in [6.07, 6.45) is 8.26. The molecule has 0 heterocycles. The fourth-order valence-corrected chi connectivity index (χ4v) is 6.48. The van der Waals surface area contributed by atoms with Gasteiger partial charge in [-0.3, -0.25) is 0 Å². The van der Waals surface area contributed by atoms with E-state index in [4.69, 9.17) is 0 Å². The zero-order valence-corrected chi connectivity index (χ0v) is 73.2. The molecule has 0 bridgehead atoms. The highest BCUT2D eigenvalue weighted by molar-refractivity contribution is 5.25. The van der Waals surface area contributed by atoms with Crippen molar-refractivity contribution in [1.82, 2.24) is 0 Å². The largest absolute Gasteiger partial charge is 0.0683 e. The summed E-state index contributed by atoms with van der Waals surface area (Å²) in [7, 11) is 0. The molecular weight excluding hydrogens is 1240 g/mol. The minimum atomic E-state index is 0.293.